The quantitative estimate of drug-likeness (QED) is 0.573. The summed E-state index contributed by atoms with van der Waals surface area (Å²) in [7, 11) is 0. The maximum absolute atomic E-state index is 12.3. The molecule has 138 valence electrons. The van der Waals surface area contributed by atoms with E-state index < -0.39 is 5.60 Å². The van der Waals surface area contributed by atoms with Gasteiger partial charge in [0, 0.05) is 17.4 Å². The van der Waals surface area contributed by atoms with Gasteiger partial charge in [0.25, 0.3) is 0 Å². The minimum atomic E-state index is -0.506. The first-order valence-electron chi connectivity index (χ1n) is 10.2. The molecule has 1 atom stereocenters. The number of carbonyl (C=O) groups excluding carboxylic acids is 1. The molecule has 1 spiro atoms. The average Bonchev–Trinajstić information content (AvgIpc) is 3.20. The van der Waals surface area contributed by atoms with E-state index in [9.17, 15) is 4.79 Å². The predicted octanol–water partition coefficient (Wildman–Crippen LogP) is 3.99. The SMILES string of the molecule is C=C(C)C(=O)OC1(C2COC3(O2)C2CC4CC(C2)CC3C4)CCCC1. The van der Waals surface area contributed by atoms with Crippen molar-refractivity contribution in [3.8, 4) is 0 Å². The molecule has 4 nitrogen and oxygen atoms in total. The van der Waals surface area contributed by atoms with Crippen molar-refractivity contribution in [3.63, 3.8) is 0 Å². The summed E-state index contributed by atoms with van der Waals surface area (Å²) in [4.78, 5) is 12.3. The summed E-state index contributed by atoms with van der Waals surface area (Å²) in [5.41, 5.74) is -0.0386. The predicted molar refractivity (Wildman–Crippen MR) is 92.7 cm³/mol. The fourth-order valence-corrected chi connectivity index (χ4v) is 6.76. The summed E-state index contributed by atoms with van der Waals surface area (Å²) in [6.45, 7) is 6.04. The van der Waals surface area contributed by atoms with Gasteiger partial charge < -0.3 is 14.2 Å². The van der Waals surface area contributed by atoms with Gasteiger partial charge in [-0.25, -0.2) is 4.79 Å². The minimum absolute atomic E-state index is 0.115. The molecular formula is C21H30O4. The van der Waals surface area contributed by atoms with Crippen molar-refractivity contribution < 1.29 is 19.0 Å². The number of rotatable bonds is 3. The van der Waals surface area contributed by atoms with E-state index in [1.54, 1.807) is 6.92 Å². The molecule has 1 heterocycles. The fourth-order valence-electron chi connectivity index (χ4n) is 6.76. The van der Waals surface area contributed by atoms with Crippen molar-refractivity contribution in [3.05, 3.63) is 12.2 Å². The van der Waals surface area contributed by atoms with Crippen molar-refractivity contribution >= 4 is 5.97 Å². The van der Waals surface area contributed by atoms with E-state index in [4.69, 9.17) is 14.2 Å². The van der Waals surface area contributed by atoms with E-state index in [-0.39, 0.29) is 17.9 Å². The Morgan fingerprint density at radius 2 is 1.64 bits per heavy atom. The molecule has 4 heteroatoms. The first-order chi connectivity index (χ1) is 12.0. The van der Waals surface area contributed by atoms with Gasteiger partial charge >= 0.3 is 5.97 Å². The van der Waals surface area contributed by atoms with Gasteiger partial charge in [-0.1, -0.05) is 6.58 Å². The molecule has 6 rings (SSSR count). The molecule has 5 saturated carbocycles. The standard InChI is InChI=1S/C21H30O4/c1-13(2)19(22)25-20(5-3-4-6-20)18-12-23-21(24-18)16-8-14-7-15(10-16)11-17(21)9-14/h14-18H,1,3-12H2,2H3. The Balaban J connectivity index is 1.39. The number of hydrogen-bond donors (Lipinski definition) is 0. The highest BCUT2D eigenvalue weighted by molar-refractivity contribution is 5.87. The molecule has 25 heavy (non-hydrogen) atoms. The molecule has 1 saturated heterocycles. The second kappa shape index (κ2) is 5.56. The topological polar surface area (TPSA) is 44.8 Å². The Bertz CT molecular complexity index is 561. The molecule has 1 aliphatic heterocycles. The number of carbonyl (C=O) groups is 1. The van der Waals surface area contributed by atoms with Crippen LogP contribution < -0.4 is 0 Å². The van der Waals surface area contributed by atoms with Crippen LogP contribution in [0.5, 0.6) is 0 Å². The molecule has 0 aromatic heterocycles. The molecule has 4 bridgehead atoms. The number of ether oxygens (including phenoxy) is 3. The summed E-state index contributed by atoms with van der Waals surface area (Å²) in [5.74, 6) is 2.20. The summed E-state index contributed by atoms with van der Waals surface area (Å²) in [6, 6.07) is 0. The van der Waals surface area contributed by atoms with Crippen LogP contribution in [0.1, 0.15) is 64.7 Å². The van der Waals surface area contributed by atoms with Crippen molar-refractivity contribution in [2.24, 2.45) is 23.7 Å². The lowest BCUT2D eigenvalue weighted by Gasteiger charge is -2.58. The summed E-state index contributed by atoms with van der Waals surface area (Å²) in [6.07, 6.45) is 10.3. The molecule has 6 aliphatic rings. The van der Waals surface area contributed by atoms with E-state index in [0.717, 1.165) is 37.5 Å². The monoisotopic (exact) mass is 346 g/mol. The maximum Gasteiger partial charge on any atom is 0.333 e. The van der Waals surface area contributed by atoms with E-state index in [2.05, 4.69) is 6.58 Å². The minimum Gasteiger partial charge on any atom is -0.453 e. The van der Waals surface area contributed by atoms with Gasteiger partial charge in [0.15, 0.2) is 5.79 Å². The Labute approximate surface area is 150 Å². The zero-order valence-electron chi connectivity index (χ0n) is 15.3. The van der Waals surface area contributed by atoms with Crippen molar-refractivity contribution in [2.75, 3.05) is 6.61 Å². The molecule has 5 aliphatic carbocycles. The summed E-state index contributed by atoms with van der Waals surface area (Å²) >= 11 is 0. The zero-order valence-corrected chi connectivity index (χ0v) is 15.3. The maximum atomic E-state index is 12.3. The van der Waals surface area contributed by atoms with Crippen LogP contribution in [-0.2, 0) is 19.0 Å². The third kappa shape index (κ3) is 2.36. The molecule has 0 radical (unpaired) electrons. The highest BCUT2D eigenvalue weighted by Gasteiger charge is 2.64. The highest BCUT2D eigenvalue weighted by Crippen LogP contribution is 2.62. The van der Waals surface area contributed by atoms with Crippen LogP contribution in [0.4, 0.5) is 0 Å². The summed E-state index contributed by atoms with van der Waals surface area (Å²) in [5, 5.41) is 0. The fraction of sp³-hybridized carbons (Fsp3) is 0.857. The van der Waals surface area contributed by atoms with Gasteiger partial charge in [-0.15, -0.1) is 0 Å². The first kappa shape index (κ1) is 16.3. The molecule has 0 aromatic rings. The van der Waals surface area contributed by atoms with Crippen LogP contribution in [0.2, 0.25) is 0 Å². The van der Waals surface area contributed by atoms with Gasteiger partial charge in [0.1, 0.15) is 11.7 Å². The number of hydrogen-bond acceptors (Lipinski definition) is 4. The highest BCUT2D eigenvalue weighted by atomic mass is 16.8. The van der Waals surface area contributed by atoms with Gasteiger partial charge in [-0.05, 0) is 76.5 Å². The van der Waals surface area contributed by atoms with E-state index >= 15 is 0 Å². The Kier molecular flexibility index (Phi) is 3.63. The third-order valence-corrected chi connectivity index (χ3v) is 7.74. The molecular weight excluding hydrogens is 316 g/mol. The lowest BCUT2D eigenvalue weighted by molar-refractivity contribution is -0.302. The molecule has 1 unspecified atom stereocenters. The van der Waals surface area contributed by atoms with Gasteiger partial charge in [0.2, 0.25) is 0 Å². The van der Waals surface area contributed by atoms with Crippen LogP contribution in [0.25, 0.3) is 0 Å². The first-order valence-corrected chi connectivity index (χ1v) is 10.2. The van der Waals surface area contributed by atoms with Crippen molar-refractivity contribution in [1.82, 2.24) is 0 Å². The smallest absolute Gasteiger partial charge is 0.333 e. The lowest BCUT2D eigenvalue weighted by atomic mass is 9.53. The van der Waals surface area contributed by atoms with E-state index in [1.165, 1.54) is 32.1 Å². The van der Waals surface area contributed by atoms with E-state index in [0.29, 0.717) is 24.0 Å². The zero-order chi connectivity index (χ0) is 17.2. The normalized spacial score (nSPS) is 46.7. The molecule has 6 fully saturated rings. The third-order valence-electron chi connectivity index (χ3n) is 7.74. The van der Waals surface area contributed by atoms with Gasteiger partial charge in [0.05, 0.1) is 6.61 Å². The average molecular weight is 346 g/mol. The largest absolute Gasteiger partial charge is 0.453 e. The Hall–Kier alpha value is -0.870. The molecule has 0 aromatic carbocycles. The lowest BCUT2D eigenvalue weighted by Crippen LogP contribution is -2.59. The van der Waals surface area contributed by atoms with Crippen molar-refractivity contribution in [2.45, 2.75) is 82.2 Å². The Morgan fingerprint density at radius 3 is 2.20 bits per heavy atom. The van der Waals surface area contributed by atoms with Crippen molar-refractivity contribution in [1.29, 1.82) is 0 Å². The van der Waals surface area contributed by atoms with Crippen LogP contribution in [0, 0.1) is 23.7 Å². The van der Waals surface area contributed by atoms with Gasteiger partial charge in [-0.3, -0.25) is 0 Å². The second-order valence-corrected chi connectivity index (χ2v) is 9.39. The van der Waals surface area contributed by atoms with E-state index in [1.807, 2.05) is 0 Å². The molecule has 0 N–H and O–H groups in total. The van der Waals surface area contributed by atoms with Crippen LogP contribution in [0.15, 0.2) is 12.2 Å². The Morgan fingerprint density at radius 1 is 1.04 bits per heavy atom. The molecule has 0 amide bonds. The van der Waals surface area contributed by atoms with Crippen LogP contribution in [-0.4, -0.2) is 30.1 Å². The number of esters is 1. The van der Waals surface area contributed by atoms with Crippen LogP contribution >= 0.6 is 0 Å². The summed E-state index contributed by atoms with van der Waals surface area (Å²) < 4.78 is 19.2. The van der Waals surface area contributed by atoms with Crippen LogP contribution in [0.3, 0.4) is 0 Å². The van der Waals surface area contributed by atoms with Gasteiger partial charge in [-0.2, -0.15) is 0 Å². The second-order valence-electron chi connectivity index (χ2n) is 9.39.